The van der Waals surface area contributed by atoms with E-state index in [4.69, 9.17) is 5.21 Å². The molecule has 0 saturated carbocycles. The normalized spacial score (nSPS) is 10.2. The van der Waals surface area contributed by atoms with Crippen LogP contribution < -0.4 is 10.8 Å². The van der Waals surface area contributed by atoms with Crippen LogP contribution in [-0.2, 0) is 13.2 Å². The Bertz CT molecular complexity index is 721. The predicted molar refractivity (Wildman–Crippen MR) is 76.5 cm³/mol. The number of aliphatic hydroxyl groups is 1. The number of nitrogens with one attached hydrogen (secondary N) is 2. The summed E-state index contributed by atoms with van der Waals surface area (Å²) < 4.78 is 0. The van der Waals surface area contributed by atoms with Gasteiger partial charge in [0, 0.05) is 18.0 Å². The minimum absolute atomic E-state index is 0.0876. The van der Waals surface area contributed by atoms with Crippen molar-refractivity contribution in [2.45, 2.75) is 13.2 Å². The quantitative estimate of drug-likeness (QED) is 0.376. The molecule has 9 heteroatoms. The molecule has 5 N–H and O–H groups in total. The molecule has 0 aromatic carbocycles. The molecule has 120 valence electrons. The van der Waals surface area contributed by atoms with Crippen LogP contribution in [0.3, 0.4) is 0 Å². The van der Waals surface area contributed by atoms with Crippen LogP contribution in [-0.4, -0.2) is 37.2 Å². The van der Waals surface area contributed by atoms with Gasteiger partial charge in [0.25, 0.3) is 11.8 Å². The van der Waals surface area contributed by atoms with Gasteiger partial charge >= 0.3 is 0 Å². The summed E-state index contributed by atoms with van der Waals surface area (Å²) in [6, 6.07) is 5.23. The molecule has 0 spiro atoms. The molecule has 0 radical (unpaired) electrons. The highest BCUT2D eigenvalue weighted by Crippen LogP contribution is 2.24. The van der Waals surface area contributed by atoms with E-state index in [-0.39, 0.29) is 17.7 Å². The first-order valence-corrected chi connectivity index (χ1v) is 6.52. The summed E-state index contributed by atoms with van der Waals surface area (Å²) in [5.41, 5.74) is 1.18. The molecular formula is C14H14N4O5. The van der Waals surface area contributed by atoms with Crippen LogP contribution in [0.5, 0.6) is 5.75 Å². The van der Waals surface area contributed by atoms with E-state index in [0.717, 1.165) is 6.20 Å². The number of nitrogens with zero attached hydrogens (tertiary/aromatic N) is 2. The lowest BCUT2D eigenvalue weighted by Gasteiger charge is -2.11. The van der Waals surface area contributed by atoms with E-state index in [1.54, 1.807) is 24.4 Å². The monoisotopic (exact) mass is 318 g/mol. The molecule has 0 bridgehead atoms. The fourth-order valence-electron chi connectivity index (χ4n) is 1.88. The highest BCUT2D eigenvalue weighted by atomic mass is 16.5. The van der Waals surface area contributed by atoms with Gasteiger partial charge in [-0.05, 0) is 12.1 Å². The van der Waals surface area contributed by atoms with Gasteiger partial charge in [-0.15, -0.1) is 0 Å². The van der Waals surface area contributed by atoms with Crippen molar-refractivity contribution in [1.82, 2.24) is 20.8 Å². The van der Waals surface area contributed by atoms with Crippen molar-refractivity contribution in [2.75, 3.05) is 0 Å². The van der Waals surface area contributed by atoms with Gasteiger partial charge in [0.2, 0.25) is 0 Å². The van der Waals surface area contributed by atoms with Crippen molar-refractivity contribution < 1.29 is 25.0 Å². The minimum Gasteiger partial charge on any atom is -0.505 e. The van der Waals surface area contributed by atoms with Gasteiger partial charge < -0.3 is 15.5 Å². The second-order valence-electron chi connectivity index (χ2n) is 4.45. The zero-order valence-electron chi connectivity index (χ0n) is 11.9. The van der Waals surface area contributed by atoms with Crippen molar-refractivity contribution in [1.29, 1.82) is 0 Å². The van der Waals surface area contributed by atoms with Crippen LogP contribution in [0, 0.1) is 0 Å². The molecule has 0 fully saturated rings. The first-order valence-electron chi connectivity index (χ1n) is 6.52. The number of aromatic nitrogens is 2. The average Bonchev–Trinajstić information content (AvgIpc) is 2.59. The topological polar surface area (TPSA) is 145 Å². The molecule has 0 aliphatic carbocycles. The third-order valence-electron chi connectivity index (χ3n) is 3.03. The summed E-state index contributed by atoms with van der Waals surface area (Å²) in [6.07, 6.45) is 2.61. The number of aromatic hydroxyl groups is 1. The van der Waals surface area contributed by atoms with Crippen LogP contribution in [0.4, 0.5) is 0 Å². The zero-order valence-corrected chi connectivity index (χ0v) is 11.9. The summed E-state index contributed by atoms with van der Waals surface area (Å²) in [6.45, 7) is -0.545. The summed E-state index contributed by atoms with van der Waals surface area (Å²) in [7, 11) is 0. The standard InChI is InChI=1S/C14H14N4O5/c19-7-10-9(6-16-11(12(10)20)14(22)18-23)13(21)17-5-8-3-1-2-4-15-8/h1-4,6,19-20,23H,5,7H2,(H,17,21)(H,18,22). The Labute approximate surface area is 130 Å². The van der Waals surface area contributed by atoms with Crippen LogP contribution in [0.25, 0.3) is 0 Å². The Morgan fingerprint density at radius 1 is 1.17 bits per heavy atom. The van der Waals surface area contributed by atoms with Crippen LogP contribution in [0.2, 0.25) is 0 Å². The SMILES string of the molecule is O=C(NCc1ccccn1)c1cnc(C(=O)NO)c(O)c1CO. The molecule has 0 atom stereocenters. The van der Waals surface area contributed by atoms with Crippen molar-refractivity contribution >= 4 is 11.8 Å². The zero-order chi connectivity index (χ0) is 16.8. The van der Waals surface area contributed by atoms with Gasteiger partial charge in [-0.25, -0.2) is 10.5 Å². The van der Waals surface area contributed by atoms with Gasteiger partial charge in [-0.3, -0.25) is 19.8 Å². The number of carbonyl (C=O) groups is 2. The van der Waals surface area contributed by atoms with Gasteiger partial charge in [0.15, 0.2) is 11.4 Å². The maximum absolute atomic E-state index is 12.1. The van der Waals surface area contributed by atoms with E-state index in [1.807, 2.05) is 0 Å². The molecule has 0 saturated heterocycles. The van der Waals surface area contributed by atoms with Crippen molar-refractivity contribution in [3.8, 4) is 5.75 Å². The van der Waals surface area contributed by atoms with Gasteiger partial charge in [0.05, 0.1) is 24.4 Å². The Kier molecular flexibility index (Phi) is 5.18. The number of amides is 2. The third kappa shape index (κ3) is 3.59. The van der Waals surface area contributed by atoms with Crippen molar-refractivity contribution in [3.63, 3.8) is 0 Å². The smallest absolute Gasteiger partial charge is 0.297 e. The number of hydroxylamine groups is 1. The Morgan fingerprint density at radius 3 is 2.57 bits per heavy atom. The summed E-state index contributed by atoms with van der Waals surface area (Å²) in [4.78, 5) is 31.1. The Balaban J connectivity index is 2.23. The molecule has 9 nitrogen and oxygen atoms in total. The molecule has 0 aliphatic rings. The van der Waals surface area contributed by atoms with Crippen LogP contribution >= 0.6 is 0 Å². The average molecular weight is 318 g/mol. The maximum atomic E-state index is 12.1. The lowest BCUT2D eigenvalue weighted by Crippen LogP contribution is -2.26. The largest absolute Gasteiger partial charge is 0.505 e. The van der Waals surface area contributed by atoms with Crippen molar-refractivity contribution in [3.05, 3.63) is 53.1 Å². The van der Waals surface area contributed by atoms with Crippen LogP contribution in [0.15, 0.2) is 30.6 Å². The second kappa shape index (κ2) is 7.29. The maximum Gasteiger partial charge on any atom is 0.297 e. The molecule has 0 aliphatic heterocycles. The van der Waals surface area contributed by atoms with E-state index in [9.17, 15) is 19.8 Å². The van der Waals surface area contributed by atoms with E-state index in [1.165, 1.54) is 5.48 Å². The molecule has 2 amide bonds. The Hall–Kier alpha value is -3.04. The first kappa shape index (κ1) is 16.3. The number of pyridine rings is 2. The van der Waals surface area contributed by atoms with Gasteiger partial charge in [-0.1, -0.05) is 6.07 Å². The first-order chi connectivity index (χ1) is 11.1. The third-order valence-corrected chi connectivity index (χ3v) is 3.03. The lowest BCUT2D eigenvalue weighted by atomic mass is 10.1. The minimum atomic E-state index is -1.06. The molecule has 2 aromatic heterocycles. The molecule has 2 aromatic rings. The number of aliphatic hydroxyl groups excluding tert-OH is 1. The number of carbonyl (C=O) groups excluding carboxylic acids is 2. The summed E-state index contributed by atoms with van der Waals surface area (Å²) in [5.74, 6) is -2.33. The van der Waals surface area contributed by atoms with Gasteiger partial charge in [0.1, 0.15) is 0 Å². The van der Waals surface area contributed by atoms with E-state index >= 15 is 0 Å². The van der Waals surface area contributed by atoms with E-state index in [2.05, 4.69) is 15.3 Å². The number of hydrogen-bond acceptors (Lipinski definition) is 7. The predicted octanol–water partition coefficient (Wildman–Crippen LogP) is -0.276. The highest BCUT2D eigenvalue weighted by Gasteiger charge is 2.22. The molecular weight excluding hydrogens is 304 g/mol. The fourth-order valence-corrected chi connectivity index (χ4v) is 1.88. The van der Waals surface area contributed by atoms with E-state index in [0.29, 0.717) is 5.69 Å². The Morgan fingerprint density at radius 2 is 1.96 bits per heavy atom. The van der Waals surface area contributed by atoms with Crippen LogP contribution in [0.1, 0.15) is 32.1 Å². The lowest BCUT2D eigenvalue weighted by molar-refractivity contribution is 0.0696. The number of rotatable bonds is 5. The van der Waals surface area contributed by atoms with Crippen molar-refractivity contribution in [2.24, 2.45) is 0 Å². The molecule has 2 heterocycles. The summed E-state index contributed by atoms with van der Waals surface area (Å²) >= 11 is 0. The number of hydrogen-bond donors (Lipinski definition) is 5. The fraction of sp³-hybridized carbons (Fsp3) is 0.143. The van der Waals surface area contributed by atoms with Gasteiger partial charge in [-0.2, -0.15) is 0 Å². The molecule has 23 heavy (non-hydrogen) atoms. The van der Waals surface area contributed by atoms with E-state index < -0.39 is 29.9 Å². The molecule has 2 rings (SSSR count). The highest BCUT2D eigenvalue weighted by molar-refractivity contribution is 5.99. The molecule has 0 unspecified atom stereocenters. The summed E-state index contributed by atoms with van der Waals surface area (Å²) in [5, 5.41) is 30.4. The second-order valence-corrected chi connectivity index (χ2v) is 4.45.